The van der Waals surface area contributed by atoms with Crippen LogP contribution in [0.3, 0.4) is 0 Å². The zero-order chi connectivity index (χ0) is 20.1. The van der Waals surface area contributed by atoms with Crippen LogP contribution in [0.15, 0.2) is 30.3 Å². The molecule has 1 fully saturated rings. The molecule has 1 aromatic heterocycles. The predicted molar refractivity (Wildman–Crippen MR) is 98.2 cm³/mol. The van der Waals surface area contributed by atoms with E-state index in [0.717, 1.165) is 30.7 Å². The fourth-order valence-electron chi connectivity index (χ4n) is 2.42. The van der Waals surface area contributed by atoms with Gasteiger partial charge in [0.25, 0.3) is 0 Å². The van der Waals surface area contributed by atoms with Crippen molar-refractivity contribution in [2.24, 2.45) is 0 Å². The molecule has 3 N–H and O–H groups in total. The highest BCUT2D eigenvalue weighted by atomic mass is 19.4. The summed E-state index contributed by atoms with van der Waals surface area (Å²) in [7, 11) is 0. The number of benzene rings is 1. The molecule has 0 bridgehead atoms. The highest BCUT2D eigenvalue weighted by molar-refractivity contribution is 5.98. The van der Waals surface area contributed by atoms with Crippen LogP contribution in [-0.4, -0.2) is 28.9 Å². The highest BCUT2D eigenvalue weighted by Gasteiger charge is 2.31. The number of nitrogens with zero attached hydrogens (tertiary/aromatic N) is 2. The third-order valence-corrected chi connectivity index (χ3v) is 3.80. The molecular formula is C18H19F3N5O2. The van der Waals surface area contributed by atoms with Gasteiger partial charge in [0.2, 0.25) is 5.95 Å². The van der Waals surface area contributed by atoms with E-state index in [-0.39, 0.29) is 11.7 Å². The van der Waals surface area contributed by atoms with Crippen LogP contribution in [0.4, 0.5) is 35.4 Å². The molecule has 1 aromatic carbocycles. The SMILES string of the molecule is [CH2]CCNc1cc(C2CC2)nc(NC(=O)Nc2ccc(OC(F)(F)F)cc2)n1. The number of hydrogen-bond acceptors (Lipinski definition) is 5. The maximum absolute atomic E-state index is 12.2. The summed E-state index contributed by atoms with van der Waals surface area (Å²) in [6, 6.07) is 6.05. The fraction of sp³-hybridized carbons (Fsp3) is 0.333. The van der Waals surface area contributed by atoms with Crippen LogP contribution >= 0.6 is 0 Å². The minimum Gasteiger partial charge on any atom is -0.406 e. The molecule has 0 atom stereocenters. The molecule has 7 nitrogen and oxygen atoms in total. The van der Waals surface area contributed by atoms with Gasteiger partial charge in [-0.15, -0.1) is 13.2 Å². The first kappa shape index (κ1) is 19.7. The molecule has 0 unspecified atom stereocenters. The number of carbonyl (C=O) groups is 1. The highest BCUT2D eigenvalue weighted by Crippen LogP contribution is 2.39. The van der Waals surface area contributed by atoms with E-state index in [4.69, 9.17) is 0 Å². The molecule has 0 spiro atoms. The number of anilines is 3. The lowest BCUT2D eigenvalue weighted by Gasteiger charge is -2.11. The number of carbonyl (C=O) groups excluding carboxylic acids is 1. The van der Waals surface area contributed by atoms with Gasteiger partial charge in [0.1, 0.15) is 11.6 Å². The minimum atomic E-state index is -4.77. The number of alkyl halides is 3. The summed E-state index contributed by atoms with van der Waals surface area (Å²) >= 11 is 0. The summed E-state index contributed by atoms with van der Waals surface area (Å²) in [5.41, 5.74) is 1.14. The van der Waals surface area contributed by atoms with Gasteiger partial charge in [-0.3, -0.25) is 5.32 Å². The first-order valence-electron chi connectivity index (χ1n) is 8.68. The molecule has 1 radical (unpaired) electrons. The molecule has 0 aliphatic heterocycles. The van der Waals surface area contributed by atoms with Crippen molar-refractivity contribution in [1.29, 1.82) is 0 Å². The van der Waals surface area contributed by atoms with Crippen molar-refractivity contribution < 1.29 is 22.7 Å². The minimum absolute atomic E-state index is 0.144. The van der Waals surface area contributed by atoms with E-state index in [1.807, 2.05) is 6.07 Å². The van der Waals surface area contributed by atoms with Crippen molar-refractivity contribution in [3.8, 4) is 5.75 Å². The first-order chi connectivity index (χ1) is 13.3. The molecule has 1 aliphatic carbocycles. The molecule has 1 saturated carbocycles. The number of halogens is 3. The maximum atomic E-state index is 12.2. The van der Waals surface area contributed by atoms with E-state index in [1.165, 1.54) is 12.1 Å². The monoisotopic (exact) mass is 394 g/mol. The van der Waals surface area contributed by atoms with Crippen LogP contribution < -0.4 is 20.7 Å². The van der Waals surface area contributed by atoms with Gasteiger partial charge in [0.05, 0.1) is 5.69 Å². The van der Waals surface area contributed by atoms with Gasteiger partial charge in [0.15, 0.2) is 0 Å². The summed E-state index contributed by atoms with van der Waals surface area (Å²) in [5, 5.41) is 8.17. The third kappa shape index (κ3) is 6.00. The summed E-state index contributed by atoms with van der Waals surface area (Å²) in [5.74, 6) is 0.739. The Labute approximate surface area is 159 Å². The van der Waals surface area contributed by atoms with Gasteiger partial charge in [0, 0.05) is 24.2 Å². The number of hydrogen-bond donors (Lipinski definition) is 3. The predicted octanol–water partition coefficient (Wildman–Crippen LogP) is 4.53. The number of rotatable bonds is 7. The van der Waals surface area contributed by atoms with Crippen LogP contribution in [0.25, 0.3) is 0 Å². The van der Waals surface area contributed by atoms with E-state index in [0.29, 0.717) is 30.4 Å². The van der Waals surface area contributed by atoms with Crippen molar-refractivity contribution in [1.82, 2.24) is 9.97 Å². The maximum Gasteiger partial charge on any atom is 0.573 e. The average Bonchev–Trinajstić information content (AvgIpc) is 3.45. The lowest BCUT2D eigenvalue weighted by atomic mass is 10.3. The van der Waals surface area contributed by atoms with Gasteiger partial charge < -0.3 is 15.4 Å². The second-order valence-corrected chi connectivity index (χ2v) is 6.21. The Kier molecular flexibility index (Phi) is 5.86. The zero-order valence-corrected chi connectivity index (χ0v) is 14.8. The summed E-state index contributed by atoms with van der Waals surface area (Å²) < 4.78 is 40.3. The Morgan fingerprint density at radius 2 is 1.89 bits per heavy atom. The summed E-state index contributed by atoms with van der Waals surface area (Å²) in [6.45, 7) is 4.40. The molecule has 2 aromatic rings. The van der Waals surface area contributed by atoms with Crippen molar-refractivity contribution in [3.05, 3.63) is 42.9 Å². The second-order valence-electron chi connectivity index (χ2n) is 6.21. The number of ether oxygens (including phenoxy) is 1. The smallest absolute Gasteiger partial charge is 0.406 e. The Morgan fingerprint density at radius 1 is 1.18 bits per heavy atom. The van der Waals surface area contributed by atoms with Gasteiger partial charge in [-0.1, -0.05) is 6.92 Å². The van der Waals surface area contributed by atoms with Crippen LogP contribution in [0, 0.1) is 6.92 Å². The van der Waals surface area contributed by atoms with Gasteiger partial charge in [-0.25, -0.2) is 9.78 Å². The molecule has 2 amide bonds. The quantitative estimate of drug-likeness (QED) is 0.642. The largest absolute Gasteiger partial charge is 0.573 e. The van der Waals surface area contributed by atoms with Crippen molar-refractivity contribution in [2.75, 3.05) is 22.5 Å². The van der Waals surface area contributed by atoms with E-state index < -0.39 is 12.4 Å². The molecular weight excluding hydrogens is 375 g/mol. The van der Waals surface area contributed by atoms with Gasteiger partial charge in [-0.05, 0) is 43.5 Å². The summed E-state index contributed by atoms with van der Waals surface area (Å²) in [6.07, 6.45) is -2.00. The first-order valence-corrected chi connectivity index (χ1v) is 8.68. The van der Waals surface area contributed by atoms with E-state index in [2.05, 4.69) is 37.6 Å². The van der Waals surface area contributed by atoms with E-state index >= 15 is 0 Å². The van der Waals surface area contributed by atoms with Crippen LogP contribution in [0.1, 0.15) is 30.9 Å². The molecule has 10 heteroatoms. The van der Waals surface area contributed by atoms with Crippen molar-refractivity contribution >= 4 is 23.5 Å². The Hall–Kier alpha value is -3.04. The average molecular weight is 394 g/mol. The third-order valence-electron chi connectivity index (χ3n) is 3.80. The lowest BCUT2D eigenvalue weighted by Crippen LogP contribution is -2.21. The van der Waals surface area contributed by atoms with Crippen molar-refractivity contribution in [2.45, 2.75) is 31.5 Å². The van der Waals surface area contributed by atoms with Crippen LogP contribution in [-0.2, 0) is 0 Å². The van der Waals surface area contributed by atoms with Crippen LogP contribution in [0.5, 0.6) is 5.75 Å². The lowest BCUT2D eigenvalue weighted by molar-refractivity contribution is -0.274. The molecule has 28 heavy (non-hydrogen) atoms. The molecule has 1 aliphatic rings. The Bertz CT molecular complexity index is 823. The van der Waals surface area contributed by atoms with E-state index in [1.54, 1.807) is 0 Å². The van der Waals surface area contributed by atoms with Crippen molar-refractivity contribution in [3.63, 3.8) is 0 Å². The van der Waals surface area contributed by atoms with Gasteiger partial charge in [-0.2, -0.15) is 4.98 Å². The second kappa shape index (κ2) is 8.32. The standard InChI is InChI=1S/C18H19F3N5O2/c1-2-9-22-15-10-14(11-3-4-11)24-16(25-15)26-17(27)23-12-5-7-13(8-6-12)28-18(19,20)21/h5-8,10-11H,1-4,9H2,(H3,22,23,24,25,26,27). The van der Waals surface area contributed by atoms with Gasteiger partial charge >= 0.3 is 12.4 Å². The fourth-order valence-corrected chi connectivity index (χ4v) is 2.42. The number of urea groups is 1. The van der Waals surface area contributed by atoms with E-state index in [9.17, 15) is 18.0 Å². The molecule has 0 saturated heterocycles. The normalized spacial score (nSPS) is 13.7. The molecule has 1 heterocycles. The topological polar surface area (TPSA) is 88.2 Å². The Morgan fingerprint density at radius 3 is 2.50 bits per heavy atom. The van der Waals surface area contributed by atoms with Crippen LogP contribution in [0.2, 0.25) is 0 Å². The Balaban J connectivity index is 1.63. The number of amides is 2. The molecule has 149 valence electrons. The molecule has 3 rings (SSSR count). The number of nitrogens with one attached hydrogen (secondary N) is 3. The summed E-state index contributed by atoms with van der Waals surface area (Å²) in [4.78, 5) is 20.8. The number of aromatic nitrogens is 2. The zero-order valence-electron chi connectivity index (χ0n) is 14.8.